The van der Waals surface area contributed by atoms with E-state index in [1.807, 2.05) is 30.3 Å². The van der Waals surface area contributed by atoms with Gasteiger partial charge in [-0.1, -0.05) is 35.5 Å². The molecule has 1 aliphatic rings. The van der Waals surface area contributed by atoms with E-state index in [2.05, 4.69) is 10.3 Å². The number of piperidine rings is 1. The lowest BCUT2D eigenvalue weighted by atomic mass is 10.0. The highest BCUT2D eigenvalue weighted by Crippen LogP contribution is 2.20. The van der Waals surface area contributed by atoms with Crippen LogP contribution in [0.2, 0.25) is 0 Å². The number of benzene rings is 1. The minimum atomic E-state index is -0.532. The quantitative estimate of drug-likeness (QED) is 0.795. The molecule has 0 radical (unpaired) electrons. The normalized spacial score (nSPS) is 17.5. The number of likely N-dealkylation sites (tertiary alicyclic amines) is 1. The standard InChI is InChI=1S/C17H20N4O3/c1-24-17(23)15-9-5-6-10-21(15)16(22)14-12-20(19-18-14)11-13-7-3-2-4-8-13/h2-4,7-8,12,15H,5-6,9-11H2,1H3. The Morgan fingerprint density at radius 3 is 2.79 bits per heavy atom. The van der Waals surface area contributed by atoms with Gasteiger partial charge in [0.2, 0.25) is 0 Å². The molecule has 7 heteroatoms. The van der Waals surface area contributed by atoms with Crippen molar-refractivity contribution in [3.63, 3.8) is 0 Å². The summed E-state index contributed by atoms with van der Waals surface area (Å²) in [6.07, 6.45) is 4.02. The van der Waals surface area contributed by atoms with Crippen LogP contribution in [-0.4, -0.2) is 51.5 Å². The third kappa shape index (κ3) is 3.45. The third-order valence-corrected chi connectivity index (χ3v) is 4.18. The van der Waals surface area contributed by atoms with Crippen molar-refractivity contribution in [3.8, 4) is 0 Å². The number of esters is 1. The monoisotopic (exact) mass is 328 g/mol. The van der Waals surface area contributed by atoms with Gasteiger partial charge in [0.05, 0.1) is 19.9 Å². The topological polar surface area (TPSA) is 77.3 Å². The molecule has 1 atom stereocenters. The van der Waals surface area contributed by atoms with Crippen molar-refractivity contribution in [3.05, 3.63) is 47.8 Å². The Bertz CT molecular complexity index is 714. The Labute approximate surface area is 140 Å². The van der Waals surface area contributed by atoms with Crippen molar-refractivity contribution in [1.82, 2.24) is 19.9 Å². The first-order valence-electron chi connectivity index (χ1n) is 8.02. The van der Waals surface area contributed by atoms with E-state index in [1.54, 1.807) is 15.8 Å². The number of aromatic nitrogens is 3. The Balaban J connectivity index is 1.73. The Hall–Kier alpha value is -2.70. The lowest BCUT2D eigenvalue weighted by Crippen LogP contribution is -2.48. The summed E-state index contributed by atoms with van der Waals surface area (Å²) in [5.41, 5.74) is 1.33. The Morgan fingerprint density at radius 2 is 2.04 bits per heavy atom. The van der Waals surface area contributed by atoms with Crippen LogP contribution in [0.25, 0.3) is 0 Å². The van der Waals surface area contributed by atoms with E-state index in [4.69, 9.17) is 4.74 Å². The molecule has 24 heavy (non-hydrogen) atoms. The molecule has 3 rings (SSSR count). The van der Waals surface area contributed by atoms with E-state index in [0.29, 0.717) is 19.5 Å². The molecule has 0 N–H and O–H groups in total. The molecule has 0 spiro atoms. The highest BCUT2D eigenvalue weighted by atomic mass is 16.5. The zero-order valence-corrected chi connectivity index (χ0v) is 13.6. The molecule has 126 valence electrons. The van der Waals surface area contributed by atoms with Crippen molar-refractivity contribution < 1.29 is 14.3 Å². The first-order chi connectivity index (χ1) is 11.7. The van der Waals surface area contributed by atoms with Crippen molar-refractivity contribution in [2.24, 2.45) is 0 Å². The summed E-state index contributed by atoms with van der Waals surface area (Å²) >= 11 is 0. The minimum absolute atomic E-state index is 0.252. The van der Waals surface area contributed by atoms with Crippen LogP contribution < -0.4 is 0 Å². The predicted molar refractivity (Wildman–Crippen MR) is 86.3 cm³/mol. The van der Waals surface area contributed by atoms with Crippen LogP contribution >= 0.6 is 0 Å². The summed E-state index contributed by atoms with van der Waals surface area (Å²) in [6.45, 7) is 1.08. The fourth-order valence-corrected chi connectivity index (χ4v) is 2.95. The van der Waals surface area contributed by atoms with Crippen LogP contribution in [0, 0.1) is 0 Å². The molecule has 2 heterocycles. The zero-order chi connectivity index (χ0) is 16.9. The number of nitrogens with zero attached hydrogens (tertiary/aromatic N) is 4. The number of ether oxygens (including phenoxy) is 1. The molecule has 1 amide bonds. The van der Waals surface area contributed by atoms with Crippen molar-refractivity contribution >= 4 is 11.9 Å². The van der Waals surface area contributed by atoms with Gasteiger partial charge in [-0.05, 0) is 24.8 Å². The average molecular weight is 328 g/mol. The highest BCUT2D eigenvalue weighted by molar-refractivity contribution is 5.95. The molecule has 1 saturated heterocycles. The van der Waals surface area contributed by atoms with Crippen molar-refractivity contribution in [2.45, 2.75) is 31.8 Å². The van der Waals surface area contributed by atoms with E-state index in [0.717, 1.165) is 18.4 Å². The molecule has 1 aliphatic heterocycles. The molecule has 0 bridgehead atoms. The van der Waals surface area contributed by atoms with Gasteiger partial charge >= 0.3 is 5.97 Å². The molecule has 1 aromatic carbocycles. The largest absolute Gasteiger partial charge is 0.467 e. The smallest absolute Gasteiger partial charge is 0.328 e. The molecule has 0 aliphatic carbocycles. The fraction of sp³-hybridized carbons (Fsp3) is 0.412. The van der Waals surface area contributed by atoms with Gasteiger partial charge in [-0.2, -0.15) is 0 Å². The second kappa shape index (κ2) is 7.25. The van der Waals surface area contributed by atoms with E-state index < -0.39 is 6.04 Å². The van der Waals surface area contributed by atoms with Gasteiger partial charge in [0.25, 0.3) is 5.91 Å². The SMILES string of the molecule is COC(=O)C1CCCCN1C(=O)c1cn(Cc2ccccc2)nn1. The van der Waals surface area contributed by atoms with Gasteiger partial charge in [-0.15, -0.1) is 5.10 Å². The average Bonchev–Trinajstić information content (AvgIpc) is 3.09. The maximum atomic E-state index is 12.7. The highest BCUT2D eigenvalue weighted by Gasteiger charge is 2.34. The number of amides is 1. The number of hydrogen-bond acceptors (Lipinski definition) is 5. The zero-order valence-electron chi connectivity index (χ0n) is 13.6. The molecular formula is C17H20N4O3. The number of carbonyl (C=O) groups excluding carboxylic acids is 2. The number of hydrogen-bond donors (Lipinski definition) is 0. The summed E-state index contributed by atoms with van der Waals surface area (Å²) in [5.74, 6) is -0.649. The lowest BCUT2D eigenvalue weighted by Gasteiger charge is -2.33. The molecule has 1 fully saturated rings. The van der Waals surface area contributed by atoms with Crippen LogP contribution in [-0.2, 0) is 16.1 Å². The Kier molecular flexibility index (Phi) is 4.88. The predicted octanol–water partition coefficient (Wildman–Crippen LogP) is 1.49. The van der Waals surface area contributed by atoms with E-state index in [9.17, 15) is 9.59 Å². The van der Waals surface area contributed by atoms with Crippen molar-refractivity contribution in [1.29, 1.82) is 0 Å². The third-order valence-electron chi connectivity index (χ3n) is 4.18. The van der Waals surface area contributed by atoms with Gasteiger partial charge in [0, 0.05) is 6.54 Å². The van der Waals surface area contributed by atoms with Gasteiger partial charge in [0.15, 0.2) is 5.69 Å². The number of methoxy groups -OCH3 is 1. The summed E-state index contributed by atoms with van der Waals surface area (Å²) in [6, 6.07) is 9.29. The van der Waals surface area contributed by atoms with Crippen LogP contribution in [0.15, 0.2) is 36.5 Å². The van der Waals surface area contributed by atoms with Crippen molar-refractivity contribution in [2.75, 3.05) is 13.7 Å². The Morgan fingerprint density at radius 1 is 1.25 bits per heavy atom. The van der Waals surface area contributed by atoms with Crippen LogP contribution in [0.5, 0.6) is 0 Å². The van der Waals surface area contributed by atoms with E-state index in [-0.39, 0.29) is 17.6 Å². The minimum Gasteiger partial charge on any atom is -0.467 e. The summed E-state index contributed by atoms with van der Waals surface area (Å²) in [4.78, 5) is 26.1. The second-order valence-electron chi connectivity index (χ2n) is 5.82. The van der Waals surface area contributed by atoms with Crippen LogP contribution in [0.4, 0.5) is 0 Å². The van der Waals surface area contributed by atoms with Crippen LogP contribution in [0.1, 0.15) is 35.3 Å². The summed E-state index contributed by atoms with van der Waals surface area (Å²) in [7, 11) is 1.34. The molecular weight excluding hydrogens is 308 g/mol. The number of carbonyl (C=O) groups is 2. The van der Waals surface area contributed by atoms with Gasteiger partial charge in [-0.3, -0.25) is 4.79 Å². The maximum absolute atomic E-state index is 12.7. The second-order valence-corrected chi connectivity index (χ2v) is 5.82. The number of rotatable bonds is 4. The van der Waals surface area contributed by atoms with E-state index >= 15 is 0 Å². The fourth-order valence-electron chi connectivity index (χ4n) is 2.95. The van der Waals surface area contributed by atoms with Crippen LogP contribution in [0.3, 0.4) is 0 Å². The first kappa shape index (κ1) is 16.2. The van der Waals surface area contributed by atoms with E-state index in [1.165, 1.54) is 7.11 Å². The maximum Gasteiger partial charge on any atom is 0.328 e. The molecule has 1 aromatic heterocycles. The summed E-state index contributed by atoms with van der Waals surface area (Å²) in [5, 5.41) is 8.00. The first-order valence-corrected chi connectivity index (χ1v) is 8.02. The molecule has 0 saturated carbocycles. The summed E-state index contributed by atoms with van der Waals surface area (Å²) < 4.78 is 6.44. The lowest BCUT2D eigenvalue weighted by molar-refractivity contribution is -0.147. The molecule has 7 nitrogen and oxygen atoms in total. The van der Waals surface area contributed by atoms with Gasteiger partial charge in [0.1, 0.15) is 6.04 Å². The van der Waals surface area contributed by atoms with Gasteiger partial charge < -0.3 is 9.64 Å². The molecule has 1 unspecified atom stereocenters. The van der Waals surface area contributed by atoms with Gasteiger partial charge in [-0.25, -0.2) is 9.48 Å². The molecule has 2 aromatic rings.